The van der Waals surface area contributed by atoms with Gasteiger partial charge in [0.2, 0.25) is 0 Å². The van der Waals surface area contributed by atoms with Gasteiger partial charge in [0.05, 0.1) is 34.4 Å². The number of oxime groups is 2. The maximum absolute atomic E-state index is 13.5. The second-order valence-corrected chi connectivity index (χ2v) is 20.1. The van der Waals surface area contributed by atoms with E-state index in [2.05, 4.69) is 25.4 Å². The smallest absolute Gasteiger partial charge is 0.358 e. The van der Waals surface area contributed by atoms with E-state index in [1.54, 1.807) is 24.3 Å². The van der Waals surface area contributed by atoms with Crippen molar-refractivity contribution in [1.29, 1.82) is 0 Å². The molecule has 0 bridgehead atoms. The van der Waals surface area contributed by atoms with Gasteiger partial charge in [-0.3, -0.25) is 4.79 Å². The number of aliphatic hydroxyl groups is 2. The van der Waals surface area contributed by atoms with E-state index in [0.29, 0.717) is 58.5 Å². The monoisotopic (exact) mass is 1040 g/mol. The molecule has 4 atom stereocenters. The van der Waals surface area contributed by atoms with Crippen molar-refractivity contribution in [3.63, 3.8) is 0 Å². The Morgan fingerprint density at radius 3 is 1.61 bits per heavy atom. The summed E-state index contributed by atoms with van der Waals surface area (Å²) >= 11 is 12.7. The number of benzene rings is 6. The third kappa shape index (κ3) is 12.3. The second-order valence-electron chi connectivity index (χ2n) is 19.3. The van der Waals surface area contributed by atoms with Gasteiger partial charge in [-0.15, -0.1) is 0 Å². The van der Waals surface area contributed by atoms with Crippen molar-refractivity contribution >= 4 is 76.5 Å². The molecule has 0 spiro atoms. The minimum atomic E-state index is -1.07. The Labute approximate surface area is 441 Å². The molecule has 2 saturated carbocycles. The highest BCUT2D eigenvalue weighted by Gasteiger charge is 2.33. The van der Waals surface area contributed by atoms with Crippen LogP contribution in [0.2, 0.25) is 10.0 Å². The van der Waals surface area contributed by atoms with E-state index in [9.17, 15) is 19.8 Å². The number of nitrogens with zero attached hydrogens (tertiary/aromatic N) is 4. The zero-order valence-corrected chi connectivity index (χ0v) is 42.3. The molecule has 2 saturated heterocycles. The fourth-order valence-electron chi connectivity index (χ4n) is 9.24. The molecule has 2 aliphatic carbocycles. The number of carboxylic acids is 1. The molecule has 4 heterocycles. The predicted octanol–water partition coefficient (Wildman–Crippen LogP) is 7.92. The normalized spacial score (nSPS) is 18.3. The summed E-state index contributed by atoms with van der Waals surface area (Å²) in [4.78, 5) is 39.4. The number of ether oxygens (including phenoxy) is 2. The standard InChI is InChI=1S/C28H28ClN3O4.C15H21ClN2O2.C13H9NO3.B/c29-23-14-18(7-11-25(23)36-19-8-9-19)27(33)24(15-32-12-3-13-32)30-28(34)26-21-10-6-17-4-1-2-5-20(17)22(21)16-35-31-26;16-12-8-10(2-5-14(12)20-11-3-4-11)15(19)13(17)9-18-6-1-7-18;15-13(16)12-10-6-5-8-3-1-2-4-9(8)11(10)7-17-14-12;/h1-2,4-7,10-11,14,19,24,27,33H,3,8-9,12-13,15-16H2,(H,30,34);2,5,8,11,13,15,19H,1,3-4,6-7,9,17H2;1-6H,7H2,(H,15,16);/t24-,27-;13-,15-;;/m11../s1. The van der Waals surface area contributed by atoms with E-state index in [1.165, 1.54) is 6.42 Å². The summed E-state index contributed by atoms with van der Waals surface area (Å²) < 4.78 is 11.5. The second kappa shape index (κ2) is 23.5. The third-order valence-corrected chi connectivity index (χ3v) is 14.5. The number of likely N-dealkylation sites (tertiary alicyclic amines) is 2. The number of hydrogen-bond acceptors (Lipinski definition) is 13. The van der Waals surface area contributed by atoms with Gasteiger partial charge in [0.15, 0.2) is 11.4 Å². The Balaban J connectivity index is 0.000000149. The zero-order chi connectivity index (χ0) is 50.6. The lowest BCUT2D eigenvalue weighted by Gasteiger charge is -2.36. The van der Waals surface area contributed by atoms with Crippen LogP contribution >= 0.6 is 23.2 Å². The van der Waals surface area contributed by atoms with Crippen molar-refractivity contribution in [2.24, 2.45) is 16.0 Å². The number of amides is 1. The van der Waals surface area contributed by atoms with E-state index in [-0.39, 0.29) is 37.9 Å². The van der Waals surface area contributed by atoms with Gasteiger partial charge < -0.3 is 55.3 Å². The van der Waals surface area contributed by atoms with E-state index in [0.717, 1.165) is 109 Å². The number of carboxylic acid groups (broad SMARTS) is 1. The van der Waals surface area contributed by atoms with Crippen LogP contribution in [-0.2, 0) is 32.5 Å². The highest BCUT2D eigenvalue weighted by atomic mass is 35.5. The number of carbonyl (C=O) groups excluding carboxylic acids is 1. The van der Waals surface area contributed by atoms with Crippen LogP contribution in [0, 0.1) is 0 Å². The molecule has 6 N–H and O–H groups in total. The maximum Gasteiger partial charge on any atom is 0.358 e. The summed E-state index contributed by atoms with van der Waals surface area (Å²) in [5.41, 5.74) is 10.9. The highest BCUT2D eigenvalue weighted by molar-refractivity contribution is 6.46. The van der Waals surface area contributed by atoms with Crippen LogP contribution in [0.4, 0.5) is 0 Å². The number of nitrogens with two attached hydrogens (primary N) is 1. The number of carbonyl (C=O) groups is 2. The molecule has 1 amide bonds. The summed E-state index contributed by atoms with van der Waals surface area (Å²) in [5, 5.41) is 46.6. The molecule has 383 valence electrons. The molecule has 6 aromatic rings. The first-order valence-corrected chi connectivity index (χ1v) is 25.7. The van der Waals surface area contributed by atoms with Gasteiger partial charge in [-0.05, 0) is 122 Å². The molecule has 3 radical (unpaired) electrons. The molecule has 12 rings (SSSR count). The number of hydrogen-bond donors (Lipinski definition) is 5. The summed E-state index contributed by atoms with van der Waals surface area (Å²) in [5.74, 6) is -0.130. The topological polar surface area (TPSA) is 201 Å². The number of aliphatic hydroxyl groups excluding tert-OH is 2. The maximum atomic E-state index is 13.5. The average Bonchev–Trinajstić information content (AvgIpc) is 4.34. The van der Waals surface area contributed by atoms with Crippen molar-refractivity contribution in [3.05, 3.63) is 153 Å². The molecular formula is C56H58BCl2N6O9. The summed E-state index contributed by atoms with van der Waals surface area (Å²) in [6.07, 6.45) is 5.51. The van der Waals surface area contributed by atoms with E-state index in [4.69, 9.17) is 53.2 Å². The van der Waals surface area contributed by atoms with E-state index in [1.807, 2.05) is 84.9 Å². The molecule has 4 aliphatic heterocycles. The molecule has 6 aromatic carbocycles. The predicted molar refractivity (Wildman–Crippen MR) is 286 cm³/mol. The largest absolute Gasteiger partial charge is 0.489 e. The molecule has 0 unspecified atom stereocenters. The quantitative estimate of drug-likeness (QED) is 0.0624. The molecule has 15 nitrogen and oxygen atoms in total. The first-order chi connectivity index (χ1) is 35.5. The molecule has 18 heteroatoms. The van der Waals surface area contributed by atoms with Crippen LogP contribution in [0.3, 0.4) is 0 Å². The Kier molecular flexibility index (Phi) is 16.7. The van der Waals surface area contributed by atoms with Gasteiger partial charge in [-0.25, -0.2) is 4.79 Å². The first kappa shape index (κ1) is 52.6. The van der Waals surface area contributed by atoms with E-state index < -0.39 is 24.2 Å². The van der Waals surface area contributed by atoms with Crippen molar-refractivity contribution in [2.45, 2.75) is 88.2 Å². The number of halogens is 2. The Morgan fingerprint density at radius 1 is 0.662 bits per heavy atom. The lowest BCUT2D eigenvalue weighted by molar-refractivity contribution is -0.129. The molecular weight excluding hydrogens is 982 g/mol. The van der Waals surface area contributed by atoms with Crippen LogP contribution < -0.4 is 20.5 Å². The van der Waals surface area contributed by atoms with Crippen LogP contribution in [0.15, 0.2) is 120 Å². The summed E-state index contributed by atoms with van der Waals surface area (Å²) in [6, 6.07) is 33.4. The van der Waals surface area contributed by atoms with Crippen molar-refractivity contribution in [1.82, 2.24) is 15.1 Å². The van der Waals surface area contributed by atoms with Gasteiger partial charge in [0, 0.05) is 49.8 Å². The number of aliphatic carboxylic acids is 1. The lowest BCUT2D eigenvalue weighted by atomic mass is 9.95. The Morgan fingerprint density at radius 2 is 1.14 bits per heavy atom. The minimum absolute atomic E-state index is 0. The third-order valence-electron chi connectivity index (χ3n) is 13.9. The van der Waals surface area contributed by atoms with Crippen molar-refractivity contribution in [2.75, 3.05) is 39.3 Å². The highest BCUT2D eigenvalue weighted by Crippen LogP contribution is 2.36. The molecule has 4 fully saturated rings. The van der Waals surface area contributed by atoms with E-state index >= 15 is 0 Å². The fourth-order valence-corrected chi connectivity index (χ4v) is 9.70. The SMILES string of the molecule is N[C@H](CN1CCC1)[C@H](O)c1ccc(OC2CC2)c(Cl)c1.O=C(N[C@H](CN1CCC1)[C@H](O)c1ccc(OC2CC2)c(Cl)c1)C1=NOCc2c1ccc1ccccc21.O=C(O)C1=NOCc2c1ccc1ccccc21.[B]. The fraction of sp³-hybridized carbons (Fsp3) is 0.357. The molecule has 6 aliphatic rings. The Hall–Kier alpha value is -6.24. The van der Waals surface area contributed by atoms with Gasteiger partial charge in [0.25, 0.3) is 5.91 Å². The van der Waals surface area contributed by atoms with Gasteiger partial charge in [-0.1, -0.05) is 118 Å². The first-order valence-electron chi connectivity index (χ1n) is 24.9. The van der Waals surface area contributed by atoms with Gasteiger partial charge >= 0.3 is 5.97 Å². The summed E-state index contributed by atoms with van der Waals surface area (Å²) in [7, 11) is 0. The lowest BCUT2D eigenvalue weighted by Crippen LogP contribution is -2.52. The van der Waals surface area contributed by atoms with Crippen LogP contribution in [0.25, 0.3) is 21.5 Å². The van der Waals surface area contributed by atoms with Gasteiger partial charge in [0.1, 0.15) is 30.8 Å². The van der Waals surface area contributed by atoms with Crippen LogP contribution in [0.5, 0.6) is 11.5 Å². The van der Waals surface area contributed by atoms with Gasteiger partial charge in [-0.2, -0.15) is 0 Å². The van der Waals surface area contributed by atoms with Crippen LogP contribution in [0.1, 0.15) is 84.1 Å². The number of rotatable bonds is 15. The molecule has 74 heavy (non-hydrogen) atoms. The average molecular weight is 1040 g/mol. The number of fused-ring (bicyclic) bond motifs is 6. The summed E-state index contributed by atoms with van der Waals surface area (Å²) in [6.45, 7) is 5.89. The van der Waals surface area contributed by atoms with Crippen molar-refractivity contribution < 1.29 is 44.1 Å². The zero-order valence-electron chi connectivity index (χ0n) is 40.7. The minimum Gasteiger partial charge on any atom is -0.489 e. The Bertz CT molecular complexity index is 3070. The van der Waals surface area contributed by atoms with Crippen molar-refractivity contribution in [3.8, 4) is 11.5 Å². The number of nitrogens with one attached hydrogen (secondary N) is 1. The molecule has 0 aromatic heterocycles. The van der Waals surface area contributed by atoms with Crippen LogP contribution in [-0.4, -0.2) is 120 Å².